The third kappa shape index (κ3) is 5.35. The lowest BCUT2D eigenvalue weighted by atomic mass is 9.92. The van der Waals surface area contributed by atoms with Gasteiger partial charge in [-0.05, 0) is 56.5 Å². The first kappa shape index (κ1) is 24.7. The Morgan fingerprint density at radius 2 is 1.85 bits per heavy atom. The lowest BCUT2D eigenvalue weighted by Gasteiger charge is -2.28. The first-order chi connectivity index (χ1) is 15.5. The number of hydrogen-bond donors (Lipinski definition) is 1. The molecule has 1 aliphatic rings. The highest BCUT2D eigenvalue weighted by molar-refractivity contribution is 7.92. The number of nitrogens with zero attached hydrogens (tertiary/aromatic N) is 1. The molecule has 33 heavy (non-hydrogen) atoms. The van der Waals surface area contributed by atoms with Gasteiger partial charge in [-0.2, -0.15) is 0 Å². The van der Waals surface area contributed by atoms with Crippen LogP contribution in [0, 0.1) is 11.3 Å². The fourth-order valence-corrected chi connectivity index (χ4v) is 4.76. The van der Waals surface area contributed by atoms with Crippen LogP contribution < -0.4 is 23.8 Å². The zero-order valence-corrected chi connectivity index (χ0v) is 20.8. The number of carbonyl (C=O) groups excluding carboxylic acids is 1. The summed E-state index contributed by atoms with van der Waals surface area (Å²) in [5, 5.41) is 0. The maximum absolute atomic E-state index is 13.3. The van der Waals surface area contributed by atoms with Crippen molar-refractivity contribution in [2.75, 3.05) is 37.0 Å². The summed E-state index contributed by atoms with van der Waals surface area (Å²) in [4.78, 5) is 14.9. The van der Waals surface area contributed by atoms with Gasteiger partial charge in [0.25, 0.3) is 10.0 Å². The molecule has 0 aromatic heterocycles. The summed E-state index contributed by atoms with van der Waals surface area (Å²) < 4.78 is 45.3. The van der Waals surface area contributed by atoms with Gasteiger partial charge in [0, 0.05) is 12.6 Å². The van der Waals surface area contributed by atoms with Crippen molar-refractivity contribution in [3.05, 3.63) is 36.4 Å². The molecule has 0 atom stereocenters. The average molecular weight is 477 g/mol. The number of anilines is 2. The number of fused-ring (bicyclic) bond motifs is 1. The zero-order chi connectivity index (χ0) is 24.4. The molecule has 1 amide bonds. The number of hydrogen-bond acceptors (Lipinski definition) is 6. The Labute approximate surface area is 195 Å². The van der Waals surface area contributed by atoms with Gasteiger partial charge in [0.15, 0.2) is 0 Å². The van der Waals surface area contributed by atoms with Gasteiger partial charge in [-0.25, -0.2) is 8.42 Å². The van der Waals surface area contributed by atoms with Crippen molar-refractivity contribution in [1.82, 2.24) is 0 Å². The van der Waals surface area contributed by atoms with Crippen LogP contribution in [0.5, 0.6) is 17.2 Å². The van der Waals surface area contributed by atoms with E-state index >= 15 is 0 Å². The topological polar surface area (TPSA) is 94.2 Å². The van der Waals surface area contributed by atoms with Crippen LogP contribution in [0.3, 0.4) is 0 Å². The highest BCUT2D eigenvalue weighted by Crippen LogP contribution is 2.39. The molecule has 1 heterocycles. The van der Waals surface area contributed by atoms with E-state index in [9.17, 15) is 13.2 Å². The van der Waals surface area contributed by atoms with Crippen molar-refractivity contribution in [3.8, 4) is 17.2 Å². The van der Waals surface area contributed by atoms with Crippen LogP contribution in [0.4, 0.5) is 11.4 Å². The minimum absolute atomic E-state index is 0.0515. The molecule has 0 saturated heterocycles. The summed E-state index contributed by atoms with van der Waals surface area (Å²) in [6.07, 6.45) is 0.804. The molecule has 8 nitrogen and oxygen atoms in total. The van der Waals surface area contributed by atoms with Gasteiger partial charge < -0.3 is 19.1 Å². The molecule has 0 fully saturated rings. The molecule has 0 aliphatic carbocycles. The van der Waals surface area contributed by atoms with E-state index in [2.05, 4.69) is 18.6 Å². The first-order valence-electron chi connectivity index (χ1n) is 10.8. The van der Waals surface area contributed by atoms with Crippen LogP contribution >= 0.6 is 0 Å². The van der Waals surface area contributed by atoms with Crippen LogP contribution in [0.15, 0.2) is 41.3 Å². The standard InChI is InChI=1S/C24H32N2O6S/c1-16(2)11-12-26-19-13-17(7-9-20(19)32-15-24(3,4)23(26)27)25-33(28,29)22-14-18(30-5)8-10-21(22)31-6/h7-10,13-14,16,25H,11-12,15H2,1-6H3. The maximum Gasteiger partial charge on any atom is 0.265 e. The molecule has 0 spiro atoms. The molecule has 9 heteroatoms. The highest BCUT2D eigenvalue weighted by Gasteiger charge is 2.38. The Hall–Kier alpha value is -2.94. The predicted molar refractivity (Wildman–Crippen MR) is 128 cm³/mol. The molecule has 180 valence electrons. The van der Waals surface area contributed by atoms with Gasteiger partial charge in [-0.3, -0.25) is 9.52 Å². The largest absolute Gasteiger partial charge is 0.497 e. The Balaban J connectivity index is 2.01. The van der Waals surface area contributed by atoms with E-state index in [0.29, 0.717) is 35.3 Å². The molecule has 0 radical (unpaired) electrons. The second kappa shape index (κ2) is 9.51. The van der Waals surface area contributed by atoms with Gasteiger partial charge in [0.1, 0.15) is 28.8 Å². The summed E-state index contributed by atoms with van der Waals surface area (Å²) in [6.45, 7) is 8.64. The molecule has 0 bridgehead atoms. The van der Waals surface area contributed by atoms with E-state index in [1.165, 1.54) is 26.4 Å². The van der Waals surface area contributed by atoms with Crippen LogP contribution in [0.25, 0.3) is 0 Å². The van der Waals surface area contributed by atoms with Crippen LogP contribution in [-0.2, 0) is 14.8 Å². The molecule has 2 aromatic rings. The number of methoxy groups -OCH3 is 2. The van der Waals surface area contributed by atoms with Crippen molar-refractivity contribution in [2.24, 2.45) is 11.3 Å². The van der Waals surface area contributed by atoms with Gasteiger partial charge in [0.05, 0.1) is 31.0 Å². The van der Waals surface area contributed by atoms with E-state index in [1.807, 2.05) is 13.8 Å². The van der Waals surface area contributed by atoms with E-state index in [1.54, 1.807) is 29.2 Å². The summed E-state index contributed by atoms with van der Waals surface area (Å²) in [6, 6.07) is 9.50. The van der Waals surface area contributed by atoms with E-state index in [-0.39, 0.29) is 23.2 Å². The minimum Gasteiger partial charge on any atom is -0.497 e. The Morgan fingerprint density at radius 3 is 2.48 bits per heavy atom. The van der Waals surface area contributed by atoms with Crippen LogP contribution in [0.2, 0.25) is 0 Å². The zero-order valence-electron chi connectivity index (χ0n) is 20.0. The fourth-order valence-electron chi connectivity index (χ4n) is 3.52. The third-order valence-electron chi connectivity index (χ3n) is 5.50. The number of sulfonamides is 1. The third-order valence-corrected chi connectivity index (χ3v) is 6.91. The van der Waals surface area contributed by atoms with Crippen LogP contribution in [0.1, 0.15) is 34.1 Å². The summed E-state index contributed by atoms with van der Waals surface area (Å²) >= 11 is 0. The summed E-state index contributed by atoms with van der Waals surface area (Å²) in [5.74, 6) is 1.46. The molecular formula is C24H32N2O6S. The Morgan fingerprint density at radius 1 is 1.12 bits per heavy atom. The van der Waals surface area contributed by atoms with Crippen molar-refractivity contribution < 1.29 is 27.4 Å². The number of amides is 1. The molecule has 1 aliphatic heterocycles. The predicted octanol–water partition coefficient (Wildman–Crippen LogP) is 4.30. The molecule has 3 rings (SSSR count). The summed E-state index contributed by atoms with van der Waals surface area (Å²) in [5.41, 5.74) is 0.150. The van der Waals surface area contributed by atoms with Gasteiger partial charge in [-0.15, -0.1) is 0 Å². The molecule has 0 saturated carbocycles. The molecule has 2 aromatic carbocycles. The van der Waals surface area contributed by atoms with Crippen molar-refractivity contribution in [1.29, 1.82) is 0 Å². The number of nitrogens with one attached hydrogen (secondary N) is 1. The van der Waals surface area contributed by atoms with Crippen molar-refractivity contribution >= 4 is 27.3 Å². The smallest absolute Gasteiger partial charge is 0.265 e. The monoisotopic (exact) mass is 476 g/mol. The number of benzene rings is 2. The number of carbonyl (C=O) groups is 1. The Kier molecular flexibility index (Phi) is 7.11. The average Bonchev–Trinajstić information content (AvgIpc) is 2.86. The SMILES string of the molecule is COc1ccc(OC)c(S(=O)(=O)Nc2ccc3c(c2)N(CCC(C)C)C(=O)C(C)(C)CO3)c1. The normalized spacial score (nSPS) is 15.5. The van der Waals surface area contributed by atoms with E-state index in [0.717, 1.165) is 6.42 Å². The van der Waals surface area contributed by atoms with E-state index < -0.39 is 15.4 Å². The summed E-state index contributed by atoms with van der Waals surface area (Å²) in [7, 11) is -1.14. The number of rotatable bonds is 8. The Bertz CT molecular complexity index is 1130. The lowest BCUT2D eigenvalue weighted by molar-refractivity contribution is -0.127. The maximum atomic E-state index is 13.3. The van der Waals surface area contributed by atoms with Crippen molar-refractivity contribution in [2.45, 2.75) is 39.0 Å². The minimum atomic E-state index is -4.00. The molecule has 0 unspecified atom stereocenters. The second-order valence-corrected chi connectivity index (χ2v) is 10.8. The lowest BCUT2D eigenvalue weighted by Crippen LogP contribution is -2.42. The fraction of sp³-hybridized carbons (Fsp3) is 0.458. The van der Waals surface area contributed by atoms with Crippen LogP contribution in [-0.4, -0.2) is 41.7 Å². The highest BCUT2D eigenvalue weighted by atomic mass is 32.2. The first-order valence-corrected chi connectivity index (χ1v) is 12.3. The molecule has 1 N–H and O–H groups in total. The van der Waals surface area contributed by atoms with Gasteiger partial charge >= 0.3 is 0 Å². The van der Waals surface area contributed by atoms with Gasteiger partial charge in [-0.1, -0.05) is 13.8 Å². The molecular weight excluding hydrogens is 444 g/mol. The second-order valence-electron chi connectivity index (χ2n) is 9.12. The van der Waals surface area contributed by atoms with E-state index in [4.69, 9.17) is 14.2 Å². The quantitative estimate of drug-likeness (QED) is 0.610. The number of ether oxygens (including phenoxy) is 3. The van der Waals surface area contributed by atoms with Crippen molar-refractivity contribution in [3.63, 3.8) is 0 Å². The van der Waals surface area contributed by atoms with Gasteiger partial charge in [0.2, 0.25) is 5.91 Å².